The lowest BCUT2D eigenvalue weighted by Gasteiger charge is -1.98. The number of carboxylic acids is 1. The maximum atomic E-state index is 11.0. The summed E-state index contributed by atoms with van der Waals surface area (Å²) in [4.78, 5) is 15.3. The van der Waals surface area contributed by atoms with Crippen LogP contribution in [0.2, 0.25) is 0 Å². The van der Waals surface area contributed by atoms with Gasteiger partial charge < -0.3 is 22.8 Å². The third-order valence-corrected chi connectivity index (χ3v) is 4.87. The summed E-state index contributed by atoms with van der Waals surface area (Å²) < 4.78 is 22.6. The van der Waals surface area contributed by atoms with Gasteiger partial charge in [0.05, 0.1) is 29.9 Å². The number of hydrogen-bond acceptors (Lipinski definition) is 7. The monoisotopic (exact) mass is 438 g/mol. The molecule has 0 radical (unpaired) electrons. The minimum Gasteiger partial charge on any atom is -0.478 e. The Balaban J connectivity index is 1.49. The summed E-state index contributed by atoms with van der Waals surface area (Å²) >= 11 is 0. The number of nitriles is 1. The Bertz CT molecular complexity index is 1480. The Morgan fingerprint density at radius 1 is 0.909 bits per heavy atom. The van der Waals surface area contributed by atoms with E-state index >= 15 is 0 Å². The fourth-order valence-electron chi connectivity index (χ4n) is 3.33. The van der Waals surface area contributed by atoms with Crippen LogP contribution in [0.3, 0.4) is 0 Å². The molecule has 1 aromatic carbocycles. The summed E-state index contributed by atoms with van der Waals surface area (Å²) in [5.41, 5.74) is 1.55. The number of benzene rings is 1. The molecule has 0 bridgehead atoms. The predicted molar refractivity (Wildman–Crippen MR) is 117 cm³/mol. The van der Waals surface area contributed by atoms with Crippen LogP contribution in [0.25, 0.3) is 34.2 Å². The van der Waals surface area contributed by atoms with Crippen molar-refractivity contribution in [2.45, 2.75) is 0 Å². The Hall–Kier alpha value is -5.03. The van der Waals surface area contributed by atoms with Gasteiger partial charge in [-0.3, -0.25) is 0 Å². The Labute approximate surface area is 186 Å². The minimum atomic E-state index is -0.997. The van der Waals surface area contributed by atoms with Crippen LogP contribution in [-0.4, -0.2) is 17.3 Å². The van der Waals surface area contributed by atoms with E-state index in [1.807, 2.05) is 0 Å². The van der Waals surface area contributed by atoms with Crippen LogP contribution in [0.15, 0.2) is 95.9 Å². The van der Waals surface area contributed by atoms with Gasteiger partial charge in [0.1, 0.15) is 28.9 Å². The second kappa shape index (κ2) is 8.24. The van der Waals surface area contributed by atoms with Gasteiger partial charge in [0.15, 0.2) is 11.5 Å². The fraction of sp³-hybridized carbons (Fsp3) is 0. The molecule has 0 amide bonds. The van der Waals surface area contributed by atoms with E-state index in [4.69, 9.17) is 22.8 Å². The maximum absolute atomic E-state index is 11.0. The van der Waals surface area contributed by atoms with E-state index in [0.29, 0.717) is 34.4 Å². The molecule has 8 nitrogen and oxygen atoms in total. The van der Waals surface area contributed by atoms with Crippen LogP contribution in [0, 0.1) is 11.3 Å². The Morgan fingerprint density at radius 2 is 1.64 bits per heavy atom. The largest absolute Gasteiger partial charge is 0.478 e. The molecule has 8 heteroatoms. The molecule has 0 aliphatic carbocycles. The molecular formula is C25H14N2O6. The highest BCUT2D eigenvalue weighted by Gasteiger charge is 2.26. The van der Waals surface area contributed by atoms with E-state index in [-0.39, 0.29) is 17.0 Å². The van der Waals surface area contributed by atoms with E-state index < -0.39 is 5.97 Å². The highest BCUT2D eigenvalue weighted by atomic mass is 16.4. The standard InChI is InChI=1S/C25H14N2O6/c26-13-18-22(20-3-1-11-30-20)23(21-4-2-12-31-21)33-24(18)27-14-17-9-10-19(32-17)15-5-7-16(8-6-15)25(28)29/h1-12,14H,(H,28,29). The molecule has 1 N–H and O–H groups in total. The molecule has 5 rings (SSSR count). The van der Waals surface area contributed by atoms with Gasteiger partial charge in [-0.1, -0.05) is 12.1 Å². The number of carboxylic acid groups (broad SMARTS) is 1. The molecule has 0 saturated heterocycles. The quantitative estimate of drug-likeness (QED) is 0.305. The molecule has 0 aliphatic heterocycles. The maximum Gasteiger partial charge on any atom is 0.335 e. The topological polar surface area (TPSA) is 126 Å². The SMILES string of the molecule is N#Cc1c(N=Cc2ccc(-c3ccc(C(=O)O)cc3)o2)oc(-c2ccco2)c1-c1ccco1. The average molecular weight is 438 g/mol. The van der Waals surface area contributed by atoms with Crippen molar-refractivity contribution in [2.24, 2.45) is 4.99 Å². The smallest absolute Gasteiger partial charge is 0.335 e. The normalized spacial score (nSPS) is 11.1. The zero-order valence-corrected chi connectivity index (χ0v) is 16.9. The molecule has 0 fully saturated rings. The summed E-state index contributed by atoms with van der Waals surface area (Å²) in [6, 6.07) is 18.8. The number of carbonyl (C=O) groups is 1. The lowest BCUT2D eigenvalue weighted by molar-refractivity contribution is 0.0697. The molecule has 5 aromatic rings. The summed E-state index contributed by atoms with van der Waals surface area (Å²) in [6.45, 7) is 0. The van der Waals surface area contributed by atoms with Gasteiger partial charge in [-0.2, -0.15) is 5.26 Å². The molecule has 0 atom stereocenters. The highest BCUT2D eigenvalue weighted by molar-refractivity contribution is 5.89. The van der Waals surface area contributed by atoms with E-state index in [2.05, 4.69) is 11.1 Å². The third kappa shape index (κ3) is 3.75. The number of hydrogen-bond donors (Lipinski definition) is 1. The first-order valence-electron chi connectivity index (χ1n) is 9.76. The zero-order chi connectivity index (χ0) is 22.8. The van der Waals surface area contributed by atoms with Crippen LogP contribution in [-0.2, 0) is 0 Å². The van der Waals surface area contributed by atoms with Crippen molar-refractivity contribution in [1.29, 1.82) is 5.26 Å². The van der Waals surface area contributed by atoms with Crippen LogP contribution in [0.4, 0.5) is 5.88 Å². The number of aliphatic imine (C=N–C) groups is 1. The van der Waals surface area contributed by atoms with Gasteiger partial charge in [-0.15, -0.1) is 0 Å². The van der Waals surface area contributed by atoms with E-state index in [9.17, 15) is 10.1 Å². The van der Waals surface area contributed by atoms with Gasteiger partial charge in [0.2, 0.25) is 5.88 Å². The number of aromatic carboxylic acids is 1. The highest BCUT2D eigenvalue weighted by Crippen LogP contribution is 2.42. The number of nitrogens with zero attached hydrogens (tertiary/aromatic N) is 2. The summed E-state index contributed by atoms with van der Waals surface area (Å²) in [6.07, 6.45) is 4.45. The molecule has 160 valence electrons. The Morgan fingerprint density at radius 3 is 2.27 bits per heavy atom. The van der Waals surface area contributed by atoms with E-state index in [0.717, 1.165) is 5.56 Å². The molecule has 0 aliphatic rings. The van der Waals surface area contributed by atoms with Gasteiger partial charge in [0, 0.05) is 5.56 Å². The lowest BCUT2D eigenvalue weighted by atomic mass is 10.1. The molecule has 0 spiro atoms. The van der Waals surface area contributed by atoms with Gasteiger partial charge >= 0.3 is 5.97 Å². The molecule has 0 saturated carbocycles. The molecule has 4 heterocycles. The van der Waals surface area contributed by atoms with Crippen molar-refractivity contribution >= 4 is 18.1 Å². The number of rotatable bonds is 6. The van der Waals surface area contributed by atoms with E-state index in [1.54, 1.807) is 48.5 Å². The first-order chi connectivity index (χ1) is 16.1. The molecular weight excluding hydrogens is 424 g/mol. The fourth-order valence-corrected chi connectivity index (χ4v) is 3.33. The van der Waals surface area contributed by atoms with Crippen molar-refractivity contribution in [2.75, 3.05) is 0 Å². The average Bonchev–Trinajstić information content (AvgIpc) is 3.63. The Kier molecular flexibility index (Phi) is 4.97. The van der Waals surface area contributed by atoms with Crippen molar-refractivity contribution in [3.05, 3.63) is 90.1 Å². The first kappa shape index (κ1) is 19.9. The first-order valence-corrected chi connectivity index (χ1v) is 9.76. The van der Waals surface area contributed by atoms with Crippen LogP contribution >= 0.6 is 0 Å². The summed E-state index contributed by atoms with van der Waals surface area (Å²) in [5.74, 6) is 1.27. The minimum absolute atomic E-state index is 0.0825. The molecule has 4 aromatic heterocycles. The number of furan rings is 4. The summed E-state index contributed by atoms with van der Waals surface area (Å²) in [7, 11) is 0. The van der Waals surface area contributed by atoms with Gasteiger partial charge in [-0.05, 0) is 48.5 Å². The van der Waals surface area contributed by atoms with Crippen molar-refractivity contribution in [1.82, 2.24) is 0 Å². The second-order valence-electron chi connectivity index (χ2n) is 6.90. The molecule has 33 heavy (non-hydrogen) atoms. The zero-order valence-electron chi connectivity index (χ0n) is 16.9. The van der Waals surface area contributed by atoms with Crippen molar-refractivity contribution < 1.29 is 27.6 Å². The van der Waals surface area contributed by atoms with Crippen LogP contribution in [0.5, 0.6) is 0 Å². The van der Waals surface area contributed by atoms with Gasteiger partial charge in [-0.25, -0.2) is 9.79 Å². The second-order valence-corrected chi connectivity index (χ2v) is 6.90. The van der Waals surface area contributed by atoms with Gasteiger partial charge in [0.25, 0.3) is 0 Å². The van der Waals surface area contributed by atoms with E-state index in [1.165, 1.54) is 30.9 Å². The third-order valence-electron chi connectivity index (χ3n) is 4.87. The molecule has 0 unspecified atom stereocenters. The van der Waals surface area contributed by atoms with Crippen LogP contribution in [0.1, 0.15) is 21.7 Å². The van der Waals surface area contributed by atoms with Crippen molar-refractivity contribution in [3.8, 4) is 40.2 Å². The van der Waals surface area contributed by atoms with Crippen LogP contribution < -0.4 is 0 Å². The van der Waals surface area contributed by atoms with Crippen molar-refractivity contribution in [3.63, 3.8) is 0 Å². The lowest BCUT2D eigenvalue weighted by Crippen LogP contribution is -1.94. The predicted octanol–water partition coefficient (Wildman–Crippen LogP) is 6.38. The summed E-state index contributed by atoms with van der Waals surface area (Å²) in [5, 5.41) is 18.8.